The summed E-state index contributed by atoms with van der Waals surface area (Å²) in [6.07, 6.45) is 6.76. The third kappa shape index (κ3) is 4.21. The van der Waals surface area contributed by atoms with Gasteiger partial charge in [-0.15, -0.1) is 0 Å². The molecule has 1 aliphatic carbocycles. The molecule has 4 heteroatoms. The van der Waals surface area contributed by atoms with Gasteiger partial charge in [0.25, 0.3) is 0 Å². The molecule has 2 N–H and O–H groups in total. The summed E-state index contributed by atoms with van der Waals surface area (Å²) in [6.45, 7) is 3.03. The lowest BCUT2D eigenvalue weighted by atomic mass is 10.1. The predicted molar refractivity (Wildman–Crippen MR) is 65.6 cm³/mol. The largest absolute Gasteiger partial charge is 0.478 e. The van der Waals surface area contributed by atoms with E-state index in [2.05, 4.69) is 5.32 Å². The summed E-state index contributed by atoms with van der Waals surface area (Å²) in [4.78, 5) is 22.6. The van der Waals surface area contributed by atoms with Crippen LogP contribution in [0, 0.1) is 0 Å². The molecule has 0 aromatic rings. The number of aliphatic carboxylic acids is 1. The van der Waals surface area contributed by atoms with Crippen molar-refractivity contribution >= 4 is 11.9 Å². The summed E-state index contributed by atoms with van der Waals surface area (Å²) in [6, 6.07) is 0.210. The molecule has 1 saturated carbocycles. The zero-order chi connectivity index (χ0) is 12.8. The third-order valence-electron chi connectivity index (χ3n) is 3.41. The van der Waals surface area contributed by atoms with Gasteiger partial charge in [-0.3, -0.25) is 4.79 Å². The van der Waals surface area contributed by atoms with Gasteiger partial charge < -0.3 is 10.4 Å². The molecule has 0 aromatic heterocycles. The molecular formula is C13H21NO3. The number of rotatable bonds is 3. The van der Waals surface area contributed by atoms with Gasteiger partial charge in [-0.05, 0) is 26.7 Å². The normalized spacial score (nSPS) is 19.2. The van der Waals surface area contributed by atoms with Crippen molar-refractivity contribution in [3.63, 3.8) is 0 Å². The summed E-state index contributed by atoms with van der Waals surface area (Å²) in [7, 11) is 0. The predicted octanol–water partition coefficient (Wildman–Crippen LogP) is 2.25. The zero-order valence-electron chi connectivity index (χ0n) is 10.6. The number of carbonyl (C=O) groups is 2. The summed E-state index contributed by atoms with van der Waals surface area (Å²) in [5, 5.41) is 11.7. The van der Waals surface area contributed by atoms with Gasteiger partial charge in [-0.1, -0.05) is 25.7 Å². The highest BCUT2D eigenvalue weighted by atomic mass is 16.4. The maximum atomic E-state index is 11.8. The summed E-state index contributed by atoms with van der Waals surface area (Å²) >= 11 is 0. The van der Waals surface area contributed by atoms with Gasteiger partial charge >= 0.3 is 5.97 Å². The lowest BCUT2D eigenvalue weighted by Gasteiger charge is -2.16. The number of carbonyl (C=O) groups excluding carboxylic acids is 1. The van der Waals surface area contributed by atoms with Crippen molar-refractivity contribution in [3.8, 4) is 0 Å². The van der Waals surface area contributed by atoms with Crippen LogP contribution in [0.1, 0.15) is 52.4 Å². The van der Waals surface area contributed by atoms with E-state index in [9.17, 15) is 9.59 Å². The number of hydrogen-bond acceptors (Lipinski definition) is 2. The van der Waals surface area contributed by atoms with Crippen molar-refractivity contribution in [2.75, 3.05) is 0 Å². The Morgan fingerprint density at radius 2 is 1.53 bits per heavy atom. The van der Waals surface area contributed by atoms with E-state index in [1.54, 1.807) is 6.92 Å². The number of hydrogen-bond donors (Lipinski definition) is 2. The smallest absolute Gasteiger partial charge is 0.331 e. The Morgan fingerprint density at radius 1 is 1.00 bits per heavy atom. The fourth-order valence-corrected chi connectivity index (χ4v) is 2.05. The third-order valence-corrected chi connectivity index (χ3v) is 3.41. The van der Waals surface area contributed by atoms with Gasteiger partial charge in [0, 0.05) is 17.2 Å². The molecule has 17 heavy (non-hydrogen) atoms. The van der Waals surface area contributed by atoms with Crippen molar-refractivity contribution in [3.05, 3.63) is 11.1 Å². The second kappa shape index (κ2) is 6.42. The van der Waals surface area contributed by atoms with Crippen molar-refractivity contribution in [2.24, 2.45) is 0 Å². The van der Waals surface area contributed by atoms with E-state index in [1.807, 2.05) is 0 Å². The van der Waals surface area contributed by atoms with Crippen LogP contribution in [-0.2, 0) is 9.59 Å². The van der Waals surface area contributed by atoms with Crippen molar-refractivity contribution in [1.29, 1.82) is 0 Å². The molecule has 0 bridgehead atoms. The minimum atomic E-state index is -1.03. The average molecular weight is 239 g/mol. The molecule has 0 spiro atoms. The lowest BCUT2D eigenvalue weighted by Crippen LogP contribution is -2.35. The first kappa shape index (κ1) is 13.7. The maximum Gasteiger partial charge on any atom is 0.331 e. The van der Waals surface area contributed by atoms with Crippen LogP contribution < -0.4 is 5.32 Å². The monoisotopic (exact) mass is 239 g/mol. The number of carboxylic acid groups (broad SMARTS) is 1. The van der Waals surface area contributed by atoms with E-state index < -0.39 is 5.97 Å². The van der Waals surface area contributed by atoms with Crippen LogP contribution in [0.2, 0.25) is 0 Å². The SMILES string of the molecule is C/C(C(=O)O)=C(\C)C(=O)NC1CCCCCC1. The van der Waals surface area contributed by atoms with E-state index in [1.165, 1.54) is 19.8 Å². The fraction of sp³-hybridized carbons (Fsp3) is 0.692. The molecule has 1 amide bonds. The molecule has 1 fully saturated rings. The molecule has 4 nitrogen and oxygen atoms in total. The van der Waals surface area contributed by atoms with Crippen LogP contribution >= 0.6 is 0 Å². The Balaban J connectivity index is 2.58. The molecule has 0 atom stereocenters. The quantitative estimate of drug-likeness (QED) is 0.586. The van der Waals surface area contributed by atoms with Gasteiger partial charge in [-0.2, -0.15) is 0 Å². The van der Waals surface area contributed by atoms with Crippen LogP contribution in [0.25, 0.3) is 0 Å². The first-order valence-corrected chi connectivity index (χ1v) is 6.24. The van der Waals surface area contributed by atoms with Gasteiger partial charge in [0.1, 0.15) is 0 Å². The molecule has 96 valence electrons. The Kier molecular flexibility index (Phi) is 5.19. The molecule has 0 saturated heterocycles. The topological polar surface area (TPSA) is 66.4 Å². The number of carboxylic acids is 1. The minimum absolute atomic E-state index is 0.121. The summed E-state index contributed by atoms with van der Waals surface area (Å²) < 4.78 is 0. The lowest BCUT2D eigenvalue weighted by molar-refractivity contribution is -0.133. The van der Waals surface area contributed by atoms with E-state index in [4.69, 9.17) is 5.11 Å². The van der Waals surface area contributed by atoms with Crippen molar-refractivity contribution in [1.82, 2.24) is 5.32 Å². The van der Waals surface area contributed by atoms with Crippen LogP contribution in [0.3, 0.4) is 0 Å². The van der Waals surface area contributed by atoms with Gasteiger partial charge in [0.05, 0.1) is 0 Å². The standard InChI is InChI=1S/C13H21NO3/c1-9(10(2)13(16)17)12(15)14-11-7-5-3-4-6-8-11/h11H,3-8H2,1-2H3,(H,14,15)(H,16,17)/b10-9-. The highest BCUT2D eigenvalue weighted by Crippen LogP contribution is 2.17. The Morgan fingerprint density at radius 3 is 2.00 bits per heavy atom. The Labute approximate surface area is 102 Å². The van der Waals surface area contributed by atoms with Crippen molar-refractivity contribution < 1.29 is 14.7 Å². The van der Waals surface area contributed by atoms with Crippen LogP contribution in [-0.4, -0.2) is 23.0 Å². The molecule has 0 heterocycles. The average Bonchev–Trinajstić information content (AvgIpc) is 2.55. The van der Waals surface area contributed by atoms with Crippen molar-refractivity contribution in [2.45, 2.75) is 58.4 Å². The fourth-order valence-electron chi connectivity index (χ4n) is 2.05. The van der Waals surface area contributed by atoms with Gasteiger partial charge in [0.15, 0.2) is 0 Å². The molecule has 0 aromatic carbocycles. The molecule has 0 unspecified atom stereocenters. The van der Waals surface area contributed by atoms with E-state index in [0.717, 1.165) is 25.7 Å². The van der Waals surface area contributed by atoms with Gasteiger partial charge in [-0.25, -0.2) is 4.79 Å². The van der Waals surface area contributed by atoms with Crippen LogP contribution in [0.15, 0.2) is 11.1 Å². The second-order valence-electron chi connectivity index (χ2n) is 4.72. The van der Waals surface area contributed by atoms with E-state index >= 15 is 0 Å². The van der Waals surface area contributed by atoms with E-state index in [0.29, 0.717) is 5.57 Å². The van der Waals surface area contributed by atoms with Crippen LogP contribution in [0.5, 0.6) is 0 Å². The summed E-state index contributed by atoms with van der Waals surface area (Å²) in [5.74, 6) is -1.27. The highest BCUT2D eigenvalue weighted by molar-refractivity contribution is 6.01. The number of nitrogens with one attached hydrogen (secondary N) is 1. The first-order chi connectivity index (χ1) is 8.02. The van der Waals surface area contributed by atoms with Crippen LogP contribution in [0.4, 0.5) is 0 Å². The Hall–Kier alpha value is -1.32. The first-order valence-electron chi connectivity index (χ1n) is 6.24. The number of amides is 1. The van der Waals surface area contributed by atoms with Gasteiger partial charge in [0.2, 0.25) is 5.91 Å². The minimum Gasteiger partial charge on any atom is -0.478 e. The molecule has 1 rings (SSSR count). The van der Waals surface area contributed by atoms with E-state index in [-0.39, 0.29) is 17.5 Å². The molecule has 1 aliphatic rings. The maximum absolute atomic E-state index is 11.8. The molecular weight excluding hydrogens is 218 g/mol. The molecule has 0 aliphatic heterocycles. The zero-order valence-corrected chi connectivity index (χ0v) is 10.6. The second-order valence-corrected chi connectivity index (χ2v) is 4.72. The Bertz CT molecular complexity index is 326. The highest BCUT2D eigenvalue weighted by Gasteiger charge is 2.18. The summed E-state index contributed by atoms with van der Waals surface area (Å²) in [5.41, 5.74) is 0.429. The molecule has 0 radical (unpaired) electrons.